The summed E-state index contributed by atoms with van der Waals surface area (Å²) in [5.41, 5.74) is 7.08. The summed E-state index contributed by atoms with van der Waals surface area (Å²) in [6.45, 7) is 2.15. The number of amides is 1. The molecule has 0 aliphatic heterocycles. The van der Waals surface area contributed by atoms with Gasteiger partial charge in [-0.05, 0) is 25.3 Å². The molecule has 0 spiro atoms. The van der Waals surface area contributed by atoms with E-state index in [-0.39, 0.29) is 29.9 Å². The van der Waals surface area contributed by atoms with Crippen LogP contribution >= 0.6 is 12.4 Å². The highest BCUT2D eigenvalue weighted by Crippen LogP contribution is 2.27. The van der Waals surface area contributed by atoms with Crippen molar-refractivity contribution in [3.05, 3.63) is 35.9 Å². The zero-order valence-corrected chi connectivity index (χ0v) is 12.9. The first kappa shape index (κ1) is 17.0. The Balaban J connectivity index is 0.00000200. The van der Waals surface area contributed by atoms with Gasteiger partial charge in [-0.25, -0.2) is 0 Å². The first-order chi connectivity index (χ1) is 9.09. The monoisotopic (exact) mass is 296 g/mol. The Bertz CT molecular complexity index is 416. The average molecular weight is 297 g/mol. The molecule has 1 aliphatic rings. The van der Waals surface area contributed by atoms with Crippen LogP contribution in [-0.2, 0) is 4.79 Å². The summed E-state index contributed by atoms with van der Waals surface area (Å²) in [7, 11) is 0. The van der Waals surface area contributed by atoms with E-state index in [4.69, 9.17) is 5.73 Å². The predicted molar refractivity (Wildman–Crippen MR) is 84.9 cm³/mol. The topological polar surface area (TPSA) is 55.1 Å². The van der Waals surface area contributed by atoms with Crippen LogP contribution in [0.4, 0.5) is 0 Å². The Morgan fingerprint density at radius 2 is 1.85 bits per heavy atom. The molecule has 0 heterocycles. The highest BCUT2D eigenvalue weighted by atomic mass is 35.5. The first-order valence-electron chi connectivity index (χ1n) is 7.21. The van der Waals surface area contributed by atoms with Crippen molar-refractivity contribution in [3.8, 4) is 0 Å². The summed E-state index contributed by atoms with van der Waals surface area (Å²) in [4.78, 5) is 12.1. The van der Waals surface area contributed by atoms with Gasteiger partial charge in [0.15, 0.2) is 0 Å². The van der Waals surface area contributed by atoms with Crippen LogP contribution in [0.1, 0.15) is 57.1 Å². The summed E-state index contributed by atoms with van der Waals surface area (Å²) in [6, 6.07) is 9.60. The van der Waals surface area contributed by atoms with Crippen LogP contribution in [0.2, 0.25) is 0 Å². The highest BCUT2D eigenvalue weighted by Gasteiger charge is 2.28. The smallest absolute Gasteiger partial charge is 0.222 e. The Labute approximate surface area is 127 Å². The lowest BCUT2D eigenvalue weighted by Crippen LogP contribution is -2.47. The molecule has 3 N–H and O–H groups in total. The summed E-state index contributed by atoms with van der Waals surface area (Å²) in [5, 5.41) is 3.18. The molecule has 1 saturated carbocycles. The van der Waals surface area contributed by atoms with Crippen molar-refractivity contribution in [1.29, 1.82) is 0 Å². The summed E-state index contributed by atoms with van der Waals surface area (Å²) < 4.78 is 0. The van der Waals surface area contributed by atoms with Gasteiger partial charge in [0.25, 0.3) is 0 Å². The van der Waals surface area contributed by atoms with E-state index in [1.54, 1.807) is 0 Å². The molecule has 1 amide bonds. The molecule has 2 rings (SSSR count). The van der Waals surface area contributed by atoms with Crippen LogP contribution in [0.3, 0.4) is 0 Å². The van der Waals surface area contributed by atoms with Crippen molar-refractivity contribution >= 4 is 18.3 Å². The second-order valence-corrected chi connectivity index (χ2v) is 5.89. The number of hydrogen-bond acceptors (Lipinski definition) is 2. The zero-order chi connectivity index (χ0) is 13.7. The van der Waals surface area contributed by atoms with Crippen LogP contribution < -0.4 is 11.1 Å². The lowest BCUT2D eigenvalue weighted by Gasteiger charge is -2.34. The molecule has 1 aromatic carbocycles. The van der Waals surface area contributed by atoms with Gasteiger partial charge in [0.2, 0.25) is 5.91 Å². The van der Waals surface area contributed by atoms with E-state index in [0.717, 1.165) is 18.4 Å². The van der Waals surface area contributed by atoms with Crippen LogP contribution in [0.25, 0.3) is 0 Å². The number of carbonyl (C=O) groups excluding carboxylic acids is 1. The summed E-state index contributed by atoms with van der Waals surface area (Å²) in [6.07, 6.45) is 6.23. The number of hydrogen-bond donors (Lipinski definition) is 2. The Kier molecular flexibility index (Phi) is 6.50. The number of benzene rings is 1. The largest absolute Gasteiger partial charge is 0.351 e. The summed E-state index contributed by atoms with van der Waals surface area (Å²) in [5.74, 6) is 0.0701. The van der Waals surface area contributed by atoms with Crippen molar-refractivity contribution in [2.75, 3.05) is 0 Å². The van der Waals surface area contributed by atoms with Gasteiger partial charge < -0.3 is 11.1 Å². The Hall–Kier alpha value is -1.06. The average Bonchev–Trinajstić information content (AvgIpc) is 2.39. The van der Waals surface area contributed by atoms with Gasteiger partial charge in [-0.1, -0.05) is 49.6 Å². The lowest BCUT2D eigenvalue weighted by atomic mass is 9.83. The van der Waals surface area contributed by atoms with Crippen LogP contribution in [0, 0.1) is 0 Å². The van der Waals surface area contributed by atoms with Gasteiger partial charge in [-0.2, -0.15) is 0 Å². The van der Waals surface area contributed by atoms with Crippen molar-refractivity contribution < 1.29 is 4.79 Å². The fourth-order valence-corrected chi connectivity index (χ4v) is 2.86. The second-order valence-electron chi connectivity index (χ2n) is 5.89. The van der Waals surface area contributed by atoms with Gasteiger partial charge in [0.1, 0.15) is 0 Å². The maximum absolute atomic E-state index is 12.1. The quantitative estimate of drug-likeness (QED) is 0.895. The number of nitrogens with two attached hydrogens (primary N) is 1. The maximum Gasteiger partial charge on any atom is 0.222 e. The third-order valence-electron chi connectivity index (χ3n) is 4.03. The third-order valence-corrected chi connectivity index (χ3v) is 4.03. The molecule has 0 radical (unpaired) electrons. The van der Waals surface area contributed by atoms with Gasteiger partial charge in [-0.15, -0.1) is 12.4 Å². The number of carbonyl (C=O) groups is 1. The molecule has 0 saturated heterocycles. The minimum absolute atomic E-state index is 0. The number of nitrogens with one attached hydrogen (secondary N) is 1. The number of rotatable bonds is 4. The van der Waals surface area contributed by atoms with Crippen LogP contribution in [-0.4, -0.2) is 11.4 Å². The zero-order valence-electron chi connectivity index (χ0n) is 12.1. The molecule has 1 unspecified atom stereocenters. The molecule has 0 aromatic heterocycles. The van der Waals surface area contributed by atoms with Crippen molar-refractivity contribution in [2.24, 2.45) is 5.73 Å². The predicted octanol–water partition coefficient (Wildman–Crippen LogP) is 3.34. The molecule has 1 atom stereocenters. The molecular formula is C16H25ClN2O. The van der Waals surface area contributed by atoms with E-state index in [1.165, 1.54) is 19.3 Å². The van der Waals surface area contributed by atoms with E-state index in [0.29, 0.717) is 6.42 Å². The van der Waals surface area contributed by atoms with E-state index >= 15 is 0 Å². The molecule has 1 aromatic rings. The second kappa shape index (κ2) is 7.65. The van der Waals surface area contributed by atoms with Gasteiger partial charge in [-0.3, -0.25) is 4.79 Å². The molecule has 112 valence electrons. The fraction of sp³-hybridized carbons (Fsp3) is 0.562. The Morgan fingerprint density at radius 3 is 2.45 bits per heavy atom. The standard InChI is InChI=1S/C16H24N2O.ClH/c1-16(10-6-3-7-11-16)18-15(19)12-14(17)13-8-4-2-5-9-13;/h2,4-5,8-9,14H,3,6-7,10-12,17H2,1H3,(H,18,19);1H. The molecule has 0 bridgehead atoms. The third kappa shape index (κ3) is 4.80. The first-order valence-corrected chi connectivity index (χ1v) is 7.21. The minimum Gasteiger partial charge on any atom is -0.351 e. The molecule has 20 heavy (non-hydrogen) atoms. The van der Waals surface area contributed by atoms with E-state index < -0.39 is 0 Å². The lowest BCUT2D eigenvalue weighted by molar-refractivity contribution is -0.123. The Morgan fingerprint density at radius 1 is 1.25 bits per heavy atom. The van der Waals surface area contributed by atoms with Crippen LogP contribution in [0.5, 0.6) is 0 Å². The van der Waals surface area contributed by atoms with Gasteiger partial charge >= 0.3 is 0 Å². The van der Waals surface area contributed by atoms with Crippen LogP contribution in [0.15, 0.2) is 30.3 Å². The van der Waals surface area contributed by atoms with E-state index in [1.807, 2.05) is 30.3 Å². The normalized spacial score (nSPS) is 18.7. The van der Waals surface area contributed by atoms with Crippen molar-refractivity contribution in [3.63, 3.8) is 0 Å². The van der Waals surface area contributed by atoms with Crippen molar-refractivity contribution in [1.82, 2.24) is 5.32 Å². The molecule has 1 aliphatic carbocycles. The molecule has 1 fully saturated rings. The van der Waals surface area contributed by atoms with E-state index in [9.17, 15) is 4.79 Å². The molecule has 4 heteroatoms. The van der Waals surface area contributed by atoms with Gasteiger partial charge in [0, 0.05) is 18.0 Å². The fourth-order valence-electron chi connectivity index (χ4n) is 2.86. The SMILES string of the molecule is CC1(NC(=O)CC(N)c2ccccc2)CCCCC1.Cl. The van der Waals surface area contributed by atoms with E-state index in [2.05, 4.69) is 12.2 Å². The minimum atomic E-state index is -0.214. The maximum atomic E-state index is 12.1. The number of halogens is 1. The highest BCUT2D eigenvalue weighted by molar-refractivity contribution is 5.85. The van der Waals surface area contributed by atoms with Gasteiger partial charge in [0.05, 0.1) is 0 Å². The molecular weight excluding hydrogens is 272 g/mol. The molecule has 3 nitrogen and oxygen atoms in total. The van der Waals surface area contributed by atoms with Crippen molar-refractivity contribution in [2.45, 2.75) is 57.0 Å². The summed E-state index contributed by atoms with van der Waals surface area (Å²) >= 11 is 0.